The average molecular weight is 690 g/mol. The predicted octanol–water partition coefficient (Wildman–Crippen LogP) is 13.3. The third kappa shape index (κ3) is 5.05. The third-order valence-electron chi connectivity index (χ3n) is 8.52. The van der Waals surface area contributed by atoms with Gasteiger partial charge in [0.15, 0.2) is 0 Å². The van der Waals surface area contributed by atoms with Crippen molar-refractivity contribution in [2.75, 3.05) is 0 Å². The summed E-state index contributed by atoms with van der Waals surface area (Å²) in [6, 6.07) is 48.3. The topological polar surface area (TPSA) is 0 Å². The first kappa shape index (κ1) is 27.1. The zero-order valence-electron chi connectivity index (χ0n) is 23.8. The highest BCUT2D eigenvalue weighted by Crippen LogP contribution is 2.33. The van der Waals surface area contributed by atoms with Gasteiger partial charge in [-0.25, -0.2) is 0 Å². The molecule has 0 radical (unpaired) electrons. The van der Waals surface area contributed by atoms with Crippen LogP contribution in [0, 0.1) is 0 Å². The van der Waals surface area contributed by atoms with Gasteiger partial charge in [-0.05, 0) is 113 Å². The molecule has 0 unspecified atom stereocenters. The normalized spacial score (nSPS) is 12.1. The minimum Gasteiger partial charge on any atom is -0.0616 e. The van der Waals surface area contributed by atoms with Gasteiger partial charge in [-0.15, -0.1) is 0 Å². The summed E-state index contributed by atoms with van der Waals surface area (Å²) in [6.07, 6.45) is 8.80. The Hall–Kier alpha value is -4.50. The standard InChI is InChI=1S/C42H26Br2/c43-41-25-33-19-17-29-5-1-3-7-37(29)39(33)23-35(41)15-11-27-9-13-32-22-28(10-14-31(32)21-27)12-16-36-24-40-34(26-42(36)44)20-18-30-6-2-4-8-38(30)40/h1-26H. The lowest BCUT2D eigenvalue weighted by Gasteiger charge is -2.08. The van der Waals surface area contributed by atoms with Gasteiger partial charge in [-0.2, -0.15) is 0 Å². The van der Waals surface area contributed by atoms with Crippen LogP contribution in [0.5, 0.6) is 0 Å². The van der Waals surface area contributed by atoms with Gasteiger partial charge in [0.25, 0.3) is 0 Å². The lowest BCUT2D eigenvalue weighted by Crippen LogP contribution is -1.83. The highest BCUT2D eigenvalue weighted by molar-refractivity contribution is 9.10. The molecule has 0 saturated heterocycles. The van der Waals surface area contributed by atoms with Crippen molar-refractivity contribution in [3.63, 3.8) is 0 Å². The molecule has 0 saturated carbocycles. The maximum atomic E-state index is 3.80. The zero-order chi connectivity index (χ0) is 29.6. The Bertz CT molecular complexity index is 2290. The minimum atomic E-state index is 1.10. The second-order valence-electron chi connectivity index (χ2n) is 11.3. The molecule has 8 rings (SSSR count). The summed E-state index contributed by atoms with van der Waals surface area (Å²) in [5.74, 6) is 0. The molecule has 0 nitrogen and oxygen atoms in total. The highest BCUT2D eigenvalue weighted by Gasteiger charge is 2.06. The number of halogens is 2. The summed E-state index contributed by atoms with van der Waals surface area (Å²) in [4.78, 5) is 0. The van der Waals surface area contributed by atoms with E-state index < -0.39 is 0 Å². The lowest BCUT2D eigenvalue weighted by molar-refractivity contribution is 1.65. The van der Waals surface area contributed by atoms with E-state index in [1.807, 2.05) is 0 Å². The van der Waals surface area contributed by atoms with E-state index in [2.05, 4.69) is 190 Å². The molecular weight excluding hydrogens is 664 g/mol. The number of hydrogen-bond acceptors (Lipinski definition) is 0. The molecule has 0 aliphatic heterocycles. The Kier molecular flexibility index (Phi) is 6.90. The van der Waals surface area contributed by atoms with E-state index in [0.717, 1.165) is 8.95 Å². The van der Waals surface area contributed by atoms with Gasteiger partial charge >= 0.3 is 0 Å². The van der Waals surface area contributed by atoms with E-state index in [1.165, 1.54) is 76.1 Å². The van der Waals surface area contributed by atoms with Crippen LogP contribution in [0.25, 0.3) is 78.2 Å². The number of rotatable bonds is 4. The van der Waals surface area contributed by atoms with Crippen molar-refractivity contribution in [1.29, 1.82) is 0 Å². The van der Waals surface area contributed by atoms with Crippen LogP contribution in [0.4, 0.5) is 0 Å². The van der Waals surface area contributed by atoms with Gasteiger partial charge in [0.2, 0.25) is 0 Å². The van der Waals surface area contributed by atoms with Crippen molar-refractivity contribution >= 4 is 110 Å². The molecule has 0 atom stereocenters. The van der Waals surface area contributed by atoms with Gasteiger partial charge in [0.1, 0.15) is 0 Å². The summed E-state index contributed by atoms with van der Waals surface area (Å²) in [5.41, 5.74) is 4.70. The van der Waals surface area contributed by atoms with E-state index in [0.29, 0.717) is 0 Å². The predicted molar refractivity (Wildman–Crippen MR) is 200 cm³/mol. The van der Waals surface area contributed by atoms with E-state index >= 15 is 0 Å². The molecule has 0 aliphatic carbocycles. The molecule has 0 spiro atoms. The van der Waals surface area contributed by atoms with Crippen molar-refractivity contribution in [3.8, 4) is 0 Å². The van der Waals surface area contributed by atoms with Crippen molar-refractivity contribution in [3.05, 3.63) is 165 Å². The maximum absolute atomic E-state index is 3.80. The fourth-order valence-corrected chi connectivity index (χ4v) is 7.19. The Morgan fingerprint density at radius 2 is 0.727 bits per heavy atom. The quantitative estimate of drug-likeness (QED) is 0.127. The summed E-state index contributed by atoms with van der Waals surface area (Å²) in [5, 5.41) is 12.6. The molecule has 0 aliphatic rings. The SMILES string of the molecule is Brc1cc2ccc3ccccc3c2cc1C=Cc1ccc2cc(C=Cc3cc4c(ccc5ccccc54)cc3Br)ccc2c1. The summed E-state index contributed by atoms with van der Waals surface area (Å²) in [7, 11) is 0. The number of hydrogen-bond donors (Lipinski definition) is 0. The minimum absolute atomic E-state index is 1.10. The second-order valence-corrected chi connectivity index (χ2v) is 13.0. The molecule has 208 valence electrons. The van der Waals surface area contributed by atoms with Crippen molar-refractivity contribution in [2.45, 2.75) is 0 Å². The lowest BCUT2D eigenvalue weighted by atomic mass is 9.99. The highest BCUT2D eigenvalue weighted by atomic mass is 79.9. The molecule has 2 heteroatoms. The van der Waals surface area contributed by atoms with Gasteiger partial charge in [0.05, 0.1) is 0 Å². The largest absolute Gasteiger partial charge is 0.0616 e. The molecule has 44 heavy (non-hydrogen) atoms. The van der Waals surface area contributed by atoms with Crippen molar-refractivity contribution < 1.29 is 0 Å². The summed E-state index contributed by atoms with van der Waals surface area (Å²) in [6.45, 7) is 0. The Balaban J connectivity index is 1.08. The van der Waals surface area contributed by atoms with Crippen molar-refractivity contribution in [1.82, 2.24) is 0 Å². The van der Waals surface area contributed by atoms with Gasteiger partial charge in [-0.3, -0.25) is 0 Å². The molecule has 0 amide bonds. The Morgan fingerprint density at radius 3 is 1.20 bits per heavy atom. The first-order valence-corrected chi connectivity index (χ1v) is 16.3. The van der Waals surface area contributed by atoms with Crippen LogP contribution in [-0.4, -0.2) is 0 Å². The second kappa shape index (κ2) is 11.2. The first-order valence-electron chi connectivity index (χ1n) is 14.7. The molecule has 0 heterocycles. The Morgan fingerprint density at radius 1 is 0.318 bits per heavy atom. The van der Waals surface area contributed by atoms with E-state index in [4.69, 9.17) is 0 Å². The Labute approximate surface area is 273 Å². The maximum Gasteiger partial charge on any atom is 0.0254 e. The monoisotopic (exact) mass is 688 g/mol. The van der Waals surface area contributed by atoms with Crippen LogP contribution >= 0.6 is 31.9 Å². The van der Waals surface area contributed by atoms with Gasteiger partial charge < -0.3 is 0 Å². The third-order valence-corrected chi connectivity index (χ3v) is 9.90. The van der Waals surface area contributed by atoms with Gasteiger partial charge in [0, 0.05) is 8.95 Å². The van der Waals surface area contributed by atoms with Crippen LogP contribution in [0.3, 0.4) is 0 Å². The van der Waals surface area contributed by atoms with E-state index in [-0.39, 0.29) is 0 Å². The van der Waals surface area contributed by atoms with E-state index in [9.17, 15) is 0 Å². The van der Waals surface area contributed by atoms with Crippen LogP contribution in [0.2, 0.25) is 0 Å². The number of benzene rings is 8. The molecule has 0 aromatic heterocycles. The first-order chi connectivity index (χ1) is 21.6. The number of fused-ring (bicyclic) bond motifs is 7. The smallest absolute Gasteiger partial charge is 0.0254 e. The van der Waals surface area contributed by atoms with Gasteiger partial charge in [-0.1, -0.05) is 153 Å². The molecule has 0 bridgehead atoms. The molecule has 8 aromatic rings. The molecule has 8 aromatic carbocycles. The molecule has 0 N–H and O–H groups in total. The molecule has 0 fully saturated rings. The fraction of sp³-hybridized carbons (Fsp3) is 0. The summed E-state index contributed by atoms with van der Waals surface area (Å²) >= 11 is 7.60. The zero-order valence-corrected chi connectivity index (χ0v) is 26.9. The summed E-state index contributed by atoms with van der Waals surface area (Å²) < 4.78 is 2.19. The fourth-order valence-electron chi connectivity index (χ4n) is 6.20. The van der Waals surface area contributed by atoms with Crippen molar-refractivity contribution in [2.24, 2.45) is 0 Å². The van der Waals surface area contributed by atoms with Crippen LogP contribution in [0.1, 0.15) is 22.3 Å². The van der Waals surface area contributed by atoms with Crippen LogP contribution in [0.15, 0.2) is 142 Å². The average Bonchev–Trinajstić information content (AvgIpc) is 3.06. The molecular formula is C42H26Br2. The van der Waals surface area contributed by atoms with E-state index in [1.54, 1.807) is 0 Å². The van der Waals surface area contributed by atoms with Crippen LogP contribution in [-0.2, 0) is 0 Å². The van der Waals surface area contributed by atoms with Crippen LogP contribution < -0.4 is 0 Å².